The summed E-state index contributed by atoms with van der Waals surface area (Å²) in [5.41, 5.74) is -1.08. The van der Waals surface area contributed by atoms with E-state index in [-0.39, 0.29) is 19.6 Å². The molecule has 0 amide bonds. The maximum atomic E-state index is 12.8. The molecule has 4 atom stereocenters. The average Bonchev–Trinajstić information content (AvgIpc) is 2.61. The summed E-state index contributed by atoms with van der Waals surface area (Å²) in [5, 5.41) is 10.9. The molecule has 0 spiro atoms. The van der Waals surface area contributed by atoms with E-state index in [9.17, 15) is 19.5 Å². The van der Waals surface area contributed by atoms with Crippen molar-refractivity contribution in [2.75, 3.05) is 19.8 Å². The zero-order valence-corrected chi connectivity index (χ0v) is 16.8. The standard InChI is InChI=1S/C21H28O7/c1-5-26-14-10-8-13(9-11-14)16-17(19(23)27-6-2)15(22)12-21(4,25)18(16)20(24)28-7-3/h8-11,16-18,25H,5-7,12H2,1-4H3/t16-,17+,18-,21+/m0/s1. The van der Waals surface area contributed by atoms with Crippen molar-refractivity contribution >= 4 is 17.7 Å². The Labute approximate surface area is 165 Å². The van der Waals surface area contributed by atoms with Gasteiger partial charge in [-0.2, -0.15) is 0 Å². The Kier molecular flexibility index (Phi) is 7.18. The first-order valence-corrected chi connectivity index (χ1v) is 9.57. The second-order valence-corrected chi connectivity index (χ2v) is 6.99. The molecular formula is C21H28O7. The van der Waals surface area contributed by atoms with Crippen molar-refractivity contribution in [2.24, 2.45) is 11.8 Å². The number of rotatable bonds is 7. The molecule has 1 fully saturated rings. The van der Waals surface area contributed by atoms with E-state index in [2.05, 4.69) is 0 Å². The molecular weight excluding hydrogens is 364 g/mol. The average molecular weight is 392 g/mol. The SMILES string of the molecule is CCOC(=O)[C@@H]1C(=O)C[C@@](C)(O)[C@H](C(=O)OCC)[C@H]1c1ccc(OCC)cc1. The molecule has 0 radical (unpaired) electrons. The molecule has 0 bridgehead atoms. The van der Waals surface area contributed by atoms with Crippen LogP contribution in [0.15, 0.2) is 24.3 Å². The van der Waals surface area contributed by atoms with E-state index in [0.717, 1.165) is 0 Å². The molecule has 7 nitrogen and oxygen atoms in total. The van der Waals surface area contributed by atoms with Gasteiger partial charge in [0.25, 0.3) is 0 Å². The number of carbonyl (C=O) groups excluding carboxylic acids is 3. The van der Waals surface area contributed by atoms with Crippen LogP contribution in [0, 0.1) is 11.8 Å². The van der Waals surface area contributed by atoms with Crippen LogP contribution in [-0.4, -0.2) is 48.3 Å². The number of ketones is 1. The van der Waals surface area contributed by atoms with Crippen LogP contribution in [0.5, 0.6) is 5.75 Å². The molecule has 0 heterocycles. The van der Waals surface area contributed by atoms with Gasteiger partial charge in [0.05, 0.1) is 31.3 Å². The third-order valence-corrected chi connectivity index (χ3v) is 4.92. The molecule has 28 heavy (non-hydrogen) atoms. The number of hydrogen-bond acceptors (Lipinski definition) is 7. The van der Waals surface area contributed by atoms with E-state index in [1.54, 1.807) is 38.1 Å². The fourth-order valence-corrected chi connectivity index (χ4v) is 3.83. The van der Waals surface area contributed by atoms with Crippen molar-refractivity contribution in [1.29, 1.82) is 0 Å². The van der Waals surface area contributed by atoms with Crippen molar-refractivity contribution in [1.82, 2.24) is 0 Å². The third kappa shape index (κ3) is 4.52. The highest BCUT2D eigenvalue weighted by Crippen LogP contribution is 2.46. The lowest BCUT2D eigenvalue weighted by Gasteiger charge is -2.43. The number of carbonyl (C=O) groups is 3. The Bertz CT molecular complexity index is 708. The molecule has 1 aliphatic carbocycles. The minimum absolute atomic E-state index is 0.110. The topological polar surface area (TPSA) is 99.1 Å². The highest BCUT2D eigenvalue weighted by Gasteiger charge is 2.57. The number of esters is 2. The molecule has 154 valence electrons. The van der Waals surface area contributed by atoms with Crippen molar-refractivity contribution in [3.05, 3.63) is 29.8 Å². The van der Waals surface area contributed by atoms with Crippen LogP contribution < -0.4 is 4.74 Å². The summed E-state index contributed by atoms with van der Waals surface area (Å²) in [5.74, 6) is -4.34. The quantitative estimate of drug-likeness (QED) is 0.561. The summed E-state index contributed by atoms with van der Waals surface area (Å²) in [6.45, 7) is 7.32. The van der Waals surface area contributed by atoms with Crippen LogP contribution in [0.2, 0.25) is 0 Å². The Morgan fingerprint density at radius 3 is 2.14 bits per heavy atom. The lowest BCUT2D eigenvalue weighted by Crippen LogP contribution is -2.55. The van der Waals surface area contributed by atoms with Crippen LogP contribution in [0.1, 0.15) is 45.6 Å². The lowest BCUT2D eigenvalue weighted by atomic mass is 9.61. The first-order valence-electron chi connectivity index (χ1n) is 9.57. The van der Waals surface area contributed by atoms with E-state index < -0.39 is 41.1 Å². The zero-order chi connectivity index (χ0) is 20.9. The smallest absolute Gasteiger partial charge is 0.317 e. The Hall–Kier alpha value is -2.41. The van der Waals surface area contributed by atoms with Crippen LogP contribution in [0.4, 0.5) is 0 Å². The highest BCUT2D eigenvalue weighted by molar-refractivity contribution is 6.02. The van der Waals surface area contributed by atoms with Crippen LogP contribution >= 0.6 is 0 Å². The summed E-state index contributed by atoms with van der Waals surface area (Å²) in [6.07, 6.45) is -0.326. The lowest BCUT2D eigenvalue weighted by molar-refractivity contribution is -0.172. The van der Waals surface area contributed by atoms with Gasteiger partial charge in [-0.1, -0.05) is 12.1 Å². The van der Waals surface area contributed by atoms with E-state index in [1.165, 1.54) is 6.92 Å². The van der Waals surface area contributed by atoms with Gasteiger partial charge in [0, 0.05) is 12.3 Å². The summed E-state index contributed by atoms with van der Waals surface area (Å²) < 4.78 is 15.7. The molecule has 1 aromatic carbocycles. The number of ether oxygens (including phenoxy) is 3. The van der Waals surface area contributed by atoms with Crippen LogP contribution in [0.25, 0.3) is 0 Å². The summed E-state index contributed by atoms with van der Waals surface area (Å²) >= 11 is 0. The molecule has 0 aromatic heterocycles. The van der Waals surface area contributed by atoms with Crippen LogP contribution in [-0.2, 0) is 23.9 Å². The number of benzene rings is 1. The fourth-order valence-electron chi connectivity index (χ4n) is 3.83. The third-order valence-electron chi connectivity index (χ3n) is 4.92. The Morgan fingerprint density at radius 2 is 1.61 bits per heavy atom. The molecule has 2 rings (SSSR count). The monoisotopic (exact) mass is 392 g/mol. The van der Waals surface area contributed by atoms with Crippen molar-refractivity contribution in [2.45, 2.75) is 45.6 Å². The van der Waals surface area contributed by atoms with Gasteiger partial charge in [0.15, 0.2) is 5.78 Å². The highest BCUT2D eigenvalue weighted by atomic mass is 16.5. The molecule has 1 N–H and O–H groups in total. The summed E-state index contributed by atoms with van der Waals surface area (Å²) in [7, 11) is 0. The van der Waals surface area contributed by atoms with Crippen molar-refractivity contribution in [3.8, 4) is 5.75 Å². The molecule has 0 saturated heterocycles. The molecule has 7 heteroatoms. The van der Waals surface area contributed by atoms with Gasteiger partial charge in [0.1, 0.15) is 11.7 Å². The number of hydrogen-bond donors (Lipinski definition) is 1. The number of aliphatic hydroxyl groups is 1. The predicted molar refractivity (Wildman–Crippen MR) is 101 cm³/mol. The maximum Gasteiger partial charge on any atom is 0.317 e. The molecule has 1 aromatic rings. The van der Waals surface area contributed by atoms with Gasteiger partial charge in [-0.15, -0.1) is 0 Å². The van der Waals surface area contributed by atoms with E-state index in [4.69, 9.17) is 14.2 Å². The minimum Gasteiger partial charge on any atom is -0.494 e. The summed E-state index contributed by atoms with van der Waals surface area (Å²) in [6, 6.07) is 6.81. The summed E-state index contributed by atoms with van der Waals surface area (Å²) in [4.78, 5) is 38.1. The Balaban J connectivity index is 2.56. The minimum atomic E-state index is -1.64. The van der Waals surface area contributed by atoms with E-state index in [0.29, 0.717) is 17.9 Å². The first kappa shape index (κ1) is 21.9. The van der Waals surface area contributed by atoms with Gasteiger partial charge in [-0.3, -0.25) is 14.4 Å². The van der Waals surface area contributed by atoms with E-state index in [1.807, 2.05) is 6.92 Å². The maximum absolute atomic E-state index is 12.8. The van der Waals surface area contributed by atoms with Gasteiger partial charge >= 0.3 is 11.9 Å². The second-order valence-electron chi connectivity index (χ2n) is 6.99. The van der Waals surface area contributed by atoms with Gasteiger partial charge in [0.2, 0.25) is 0 Å². The van der Waals surface area contributed by atoms with Crippen molar-refractivity contribution < 1.29 is 33.7 Å². The van der Waals surface area contributed by atoms with Gasteiger partial charge < -0.3 is 19.3 Å². The molecule has 1 aliphatic rings. The number of Topliss-reactive ketones (excluding diaryl/α,β-unsaturated/α-hetero) is 1. The van der Waals surface area contributed by atoms with Crippen LogP contribution in [0.3, 0.4) is 0 Å². The molecule has 0 aliphatic heterocycles. The molecule has 1 saturated carbocycles. The largest absolute Gasteiger partial charge is 0.494 e. The van der Waals surface area contributed by atoms with E-state index >= 15 is 0 Å². The fraction of sp³-hybridized carbons (Fsp3) is 0.571. The van der Waals surface area contributed by atoms with Gasteiger partial charge in [-0.05, 0) is 45.4 Å². The Morgan fingerprint density at radius 1 is 1.04 bits per heavy atom. The molecule has 0 unspecified atom stereocenters. The second kappa shape index (κ2) is 9.19. The van der Waals surface area contributed by atoms with Gasteiger partial charge in [-0.25, -0.2) is 0 Å². The van der Waals surface area contributed by atoms with Crippen molar-refractivity contribution in [3.63, 3.8) is 0 Å². The normalized spacial score (nSPS) is 27.2. The first-order chi connectivity index (χ1) is 13.3. The predicted octanol–water partition coefficient (Wildman–Crippen LogP) is 2.25. The zero-order valence-electron chi connectivity index (χ0n) is 16.8.